The van der Waals surface area contributed by atoms with Crippen LogP contribution >= 0.6 is 11.3 Å². The van der Waals surface area contributed by atoms with E-state index in [1.165, 1.54) is 32.8 Å². The number of sulfonamides is 1. The second-order valence-corrected chi connectivity index (χ2v) is 13.2. The van der Waals surface area contributed by atoms with E-state index < -0.39 is 15.9 Å². The quantitative estimate of drug-likeness (QED) is 0.161. The van der Waals surface area contributed by atoms with Crippen LogP contribution < -0.4 is 9.75 Å². The van der Waals surface area contributed by atoms with E-state index >= 15 is 0 Å². The normalized spacial score (nSPS) is 14.6. The second-order valence-electron chi connectivity index (χ2n) is 10.2. The van der Waals surface area contributed by atoms with Gasteiger partial charge in [-0.1, -0.05) is 36.7 Å². The first kappa shape index (κ1) is 28.9. The van der Waals surface area contributed by atoms with Gasteiger partial charge in [0, 0.05) is 18.7 Å². The summed E-state index contributed by atoms with van der Waals surface area (Å²) in [6, 6.07) is 19.4. The number of hydrazone groups is 1. The molecule has 1 saturated carbocycles. The molecule has 0 atom stereocenters. The minimum atomic E-state index is -3.67. The molecule has 1 aliphatic rings. The maximum atomic E-state index is 13.8. The number of rotatable bonds is 9. The Morgan fingerprint density at radius 3 is 2.44 bits per heavy atom. The number of nitrogens with zero attached hydrogens (tertiary/aromatic N) is 4. The molecule has 4 aromatic rings. The summed E-state index contributed by atoms with van der Waals surface area (Å²) < 4.78 is 34.6. The van der Waals surface area contributed by atoms with Crippen molar-refractivity contribution in [2.75, 3.05) is 18.7 Å². The van der Waals surface area contributed by atoms with Crippen LogP contribution in [0.15, 0.2) is 76.7 Å². The summed E-state index contributed by atoms with van der Waals surface area (Å²) >= 11 is 1.37. The van der Waals surface area contributed by atoms with Crippen molar-refractivity contribution in [2.45, 2.75) is 56.9 Å². The Hall–Kier alpha value is -3.60. The number of aryl methyl sites for hydroxylation is 1. The van der Waals surface area contributed by atoms with Gasteiger partial charge in [0.1, 0.15) is 5.75 Å². The fourth-order valence-electron chi connectivity index (χ4n) is 4.94. The summed E-state index contributed by atoms with van der Waals surface area (Å²) in [5.74, 6) is 0.343. The zero-order valence-corrected chi connectivity index (χ0v) is 25.1. The van der Waals surface area contributed by atoms with Crippen molar-refractivity contribution < 1.29 is 17.9 Å². The van der Waals surface area contributed by atoms with Crippen molar-refractivity contribution in [1.29, 1.82) is 0 Å². The number of fused-ring (bicyclic) bond motifs is 1. The molecule has 1 amide bonds. The SMILES string of the molecule is CCOc1ccc(/C=N/N(C(=O)c2ccc(S(=O)(=O)N(C)C3CCCCC3)cc2)c2nc3ccc(C)cc3s2)cc1. The molecule has 10 heteroatoms. The van der Waals surface area contributed by atoms with Crippen LogP contribution in [0, 0.1) is 6.92 Å². The Morgan fingerprint density at radius 1 is 1.05 bits per heavy atom. The van der Waals surface area contributed by atoms with Crippen molar-refractivity contribution in [3.05, 3.63) is 83.4 Å². The molecule has 1 aliphatic carbocycles. The fraction of sp³-hybridized carbons (Fsp3) is 0.323. The molecule has 0 N–H and O–H groups in total. The molecule has 1 aromatic heterocycles. The number of benzene rings is 3. The highest BCUT2D eigenvalue weighted by Gasteiger charge is 2.29. The third kappa shape index (κ3) is 6.50. The highest BCUT2D eigenvalue weighted by molar-refractivity contribution is 7.89. The van der Waals surface area contributed by atoms with Crippen LogP contribution in [-0.2, 0) is 10.0 Å². The number of ether oxygens (including phenoxy) is 1. The van der Waals surface area contributed by atoms with Crippen LogP contribution in [0.25, 0.3) is 10.2 Å². The monoisotopic (exact) mass is 590 g/mol. The first-order valence-corrected chi connectivity index (χ1v) is 16.1. The molecule has 0 bridgehead atoms. The van der Waals surface area contributed by atoms with Gasteiger partial charge >= 0.3 is 0 Å². The van der Waals surface area contributed by atoms with Crippen molar-refractivity contribution in [2.24, 2.45) is 5.10 Å². The minimum absolute atomic E-state index is 0.00478. The third-order valence-electron chi connectivity index (χ3n) is 7.29. The highest BCUT2D eigenvalue weighted by atomic mass is 32.2. The van der Waals surface area contributed by atoms with E-state index in [1.807, 2.05) is 56.3 Å². The van der Waals surface area contributed by atoms with Crippen LogP contribution in [0.4, 0.5) is 5.13 Å². The second kappa shape index (κ2) is 12.5. The Morgan fingerprint density at radius 2 is 1.76 bits per heavy atom. The van der Waals surface area contributed by atoms with Gasteiger partial charge in [-0.3, -0.25) is 4.79 Å². The van der Waals surface area contributed by atoms with Crippen molar-refractivity contribution in [3.63, 3.8) is 0 Å². The first-order valence-electron chi connectivity index (χ1n) is 13.8. The molecule has 5 rings (SSSR count). The summed E-state index contributed by atoms with van der Waals surface area (Å²) in [7, 11) is -2.02. The van der Waals surface area contributed by atoms with Gasteiger partial charge < -0.3 is 4.74 Å². The number of amides is 1. The van der Waals surface area contributed by atoms with Crippen LogP contribution in [0.2, 0.25) is 0 Å². The molecular weight excluding hydrogens is 556 g/mol. The molecule has 0 aliphatic heterocycles. The predicted octanol–water partition coefficient (Wildman–Crippen LogP) is 6.64. The minimum Gasteiger partial charge on any atom is -0.494 e. The van der Waals surface area contributed by atoms with Gasteiger partial charge in [-0.2, -0.15) is 14.4 Å². The number of anilines is 1. The molecule has 1 fully saturated rings. The molecule has 0 spiro atoms. The number of hydrogen-bond acceptors (Lipinski definition) is 7. The Kier molecular flexibility index (Phi) is 8.82. The maximum absolute atomic E-state index is 13.8. The number of carbonyl (C=O) groups excluding carboxylic acids is 1. The Bertz CT molecular complexity index is 1640. The summed E-state index contributed by atoms with van der Waals surface area (Å²) in [6.07, 6.45) is 6.56. The van der Waals surface area contributed by atoms with Gasteiger partial charge in [-0.05, 0) is 98.5 Å². The van der Waals surface area contributed by atoms with Gasteiger partial charge in [0.25, 0.3) is 5.91 Å². The largest absolute Gasteiger partial charge is 0.494 e. The fourth-order valence-corrected chi connectivity index (χ4v) is 7.38. The van der Waals surface area contributed by atoms with Gasteiger partial charge in [-0.15, -0.1) is 0 Å². The Balaban J connectivity index is 1.44. The van der Waals surface area contributed by atoms with Gasteiger partial charge in [0.2, 0.25) is 15.2 Å². The van der Waals surface area contributed by atoms with Gasteiger partial charge in [-0.25, -0.2) is 13.4 Å². The lowest BCUT2D eigenvalue weighted by molar-refractivity contribution is 0.0987. The summed E-state index contributed by atoms with van der Waals surface area (Å²) in [4.78, 5) is 18.6. The van der Waals surface area contributed by atoms with E-state index in [0.717, 1.165) is 59.2 Å². The molecular formula is C31H34N4O4S2. The lowest BCUT2D eigenvalue weighted by Crippen LogP contribution is -2.38. The van der Waals surface area contributed by atoms with E-state index in [9.17, 15) is 13.2 Å². The number of thiazole rings is 1. The maximum Gasteiger partial charge on any atom is 0.280 e. The van der Waals surface area contributed by atoms with E-state index in [0.29, 0.717) is 17.3 Å². The first-order chi connectivity index (χ1) is 19.8. The number of aromatic nitrogens is 1. The standard InChI is InChI=1S/C31H34N4O4S2/c1-4-39-26-15-11-23(12-16-26)21-32-35(31-33-28-19-10-22(2)20-29(28)40-31)30(36)24-13-17-27(18-14-24)41(37,38)34(3)25-8-6-5-7-9-25/h10-21,25H,4-9H2,1-3H3/b32-21+. The number of carbonyl (C=O) groups is 1. The van der Waals surface area contributed by atoms with Crippen LogP contribution in [0.3, 0.4) is 0 Å². The lowest BCUT2D eigenvalue weighted by atomic mass is 9.96. The summed E-state index contributed by atoms with van der Waals surface area (Å²) in [5, 5.41) is 6.23. The zero-order valence-electron chi connectivity index (χ0n) is 23.5. The molecule has 3 aromatic carbocycles. The van der Waals surface area contributed by atoms with Crippen molar-refractivity contribution in [3.8, 4) is 5.75 Å². The summed E-state index contributed by atoms with van der Waals surface area (Å²) in [5.41, 5.74) is 2.97. The zero-order chi connectivity index (χ0) is 29.0. The van der Waals surface area contributed by atoms with Crippen LogP contribution in [0.5, 0.6) is 5.75 Å². The van der Waals surface area contributed by atoms with E-state index in [2.05, 4.69) is 10.1 Å². The van der Waals surface area contributed by atoms with Crippen molar-refractivity contribution >= 4 is 48.8 Å². The van der Waals surface area contributed by atoms with E-state index in [-0.39, 0.29) is 10.9 Å². The van der Waals surface area contributed by atoms with Crippen molar-refractivity contribution in [1.82, 2.24) is 9.29 Å². The molecule has 41 heavy (non-hydrogen) atoms. The van der Waals surface area contributed by atoms with Crippen LogP contribution in [-0.4, -0.2) is 49.5 Å². The predicted molar refractivity (Wildman–Crippen MR) is 165 cm³/mol. The third-order valence-corrected chi connectivity index (χ3v) is 10.2. The molecule has 8 nitrogen and oxygen atoms in total. The average molecular weight is 591 g/mol. The average Bonchev–Trinajstić information content (AvgIpc) is 3.41. The smallest absolute Gasteiger partial charge is 0.280 e. The van der Waals surface area contributed by atoms with E-state index in [4.69, 9.17) is 4.74 Å². The Labute approximate surface area is 245 Å². The molecule has 0 radical (unpaired) electrons. The molecule has 0 unspecified atom stereocenters. The molecule has 0 saturated heterocycles. The van der Waals surface area contributed by atoms with Gasteiger partial charge in [0.15, 0.2) is 0 Å². The molecule has 1 heterocycles. The summed E-state index contributed by atoms with van der Waals surface area (Å²) in [6.45, 7) is 4.51. The molecule has 214 valence electrons. The van der Waals surface area contributed by atoms with Gasteiger partial charge in [0.05, 0.1) is 27.9 Å². The lowest BCUT2D eigenvalue weighted by Gasteiger charge is -2.30. The van der Waals surface area contributed by atoms with Crippen LogP contribution in [0.1, 0.15) is 60.5 Å². The topological polar surface area (TPSA) is 92.2 Å². The highest BCUT2D eigenvalue weighted by Crippen LogP contribution is 2.31. The van der Waals surface area contributed by atoms with E-state index in [1.54, 1.807) is 25.4 Å². The number of hydrogen-bond donors (Lipinski definition) is 0.